The summed E-state index contributed by atoms with van der Waals surface area (Å²) in [6.07, 6.45) is 0. The fourth-order valence-corrected chi connectivity index (χ4v) is 0. The molecule has 0 radical (unpaired) electrons. The number of rotatable bonds is 0. The maximum Gasteiger partial charge on any atom is 2.00 e. The summed E-state index contributed by atoms with van der Waals surface area (Å²) in [5.74, 6) is -4.33. The molecule has 0 rings (SSSR count). The minimum Gasteiger partial charge on any atom is 2.00 e. The molecule has 128 valence electrons. The molecule has 21 heavy (non-hydrogen) atoms. The van der Waals surface area contributed by atoms with E-state index in [4.69, 9.17) is 39.6 Å². The van der Waals surface area contributed by atoms with Gasteiger partial charge in [-0.25, -0.2) is 0 Å². The van der Waals surface area contributed by atoms with Crippen molar-refractivity contribution in [2.75, 3.05) is 0 Å². The van der Waals surface area contributed by atoms with Gasteiger partial charge in [0.25, 0.3) is 0 Å². The molecule has 0 aliphatic rings. The molecule has 0 unspecified atom stereocenters. The predicted octanol–water partition coefficient (Wildman–Crippen LogP) is -4.62. The van der Waals surface area contributed by atoms with Crippen LogP contribution in [0.4, 0.5) is 0 Å². The molecule has 0 aliphatic heterocycles. The topological polar surface area (TPSA) is 161 Å². The predicted molar refractivity (Wildman–Crippen MR) is 54.5 cm³/mol. The molecule has 0 heterocycles. The van der Waals surface area contributed by atoms with Crippen LogP contribution in [0, 0.1) is 0 Å². The van der Waals surface area contributed by atoms with Crippen LogP contribution in [-0.2, 0) is 68.9 Å². The Bertz CT molecular complexity index is 205. The number of carbonyl (C=O) groups is 4. The number of carbonyl (C=O) groups excluding carboxylic acids is 4. The summed E-state index contributed by atoms with van der Waals surface area (Å²) in [5, 5.41) is 35.6. The molecular weight excluding hydrogens is 416 g/mol. The monoisotopic (exact) mass is 432 g/mol. The number of hydrogen-bond acceptors (Lipinski definition) is 8. The first-order chi connectivity index (χ1) is 8.34. The maximum absolute atomic E-state index is 8.89. The Kier molecular flexibility index (Phi) is 87.0. The SMILES string of the molecule is CC(=O)[O-].CC(=O)[O-].CC(=O)[O-].CC(=O)[O-].C[CH]=[Fe].[Fe+2].[Fe+2]. The van der Waals surface area contributed by atoms with E-state index in [1.54, 1.807) is 4.92 Å². The van der Waals surface area contributed by atoms with E-state index in [-0.39, 0.29) is 34.1 Å². The Balaban J connectivity index is -0.0000000229. The summed E-state index contributed by atoms with van der Waals surface area (Å²) < 4.78 is 0. The molecular formula is C10H16Fe3O8. The standard InChI is InChI=1S/4C2H4O2.C2H4.3Fe/c4*1-2(3)4;1-2;;;/h4*1H3,(H,3,4);1H,2H3;;;/q;;;;;;2*+2/p-4. The van der Waals surface area contributed by atoms with Crippen molar-refractivity contribution in [2.24, 2.45) is 0 Å². The molecule has 8 nitrogen and oxygen atoms in total. The van der Waals surface area contributed by atoms with Crippen LogP contribution in [0.1, 0.15) is 34.6 Å². The third kappa shape index (κ3) is 12100. The van der Waals surface area contributed by atoms with Gasteiger partial charge in [0.2, 0.25) is 0 Å². The number of carboxylic acids is 4. The van der Waals surface area contributed by atoms with Crippen molar-refractivity contribution in [3.63, 3.8) is 0 Å². The van der Waals surface area contributed by atoms with Crippen molar-refractivity contribution in [1.29, 1.82) is 0 Å². The van der Waals surface area contributed by atoms with Gasteiger partial charge < -0.3 is 39.6 Å². The van der Waals surface area contributed by atoms with Crippen molar-refractivity contribution < 1.29 is 89.3 Å². The zero-order valence-electron chi connectivity index (χ0n) is 11.9. The minimum absolute atomic E-state index is 0. The number of carboxylic acid groups (broad SMARTS) is 4. The third-order valence-corrected chi connectivity index (χ3v) is 0. The summed E-state index contributed by atoms with van der Waals surface area (Å²) >= 11 is 3.36. The van der Waals surface area contributed by atoms with Crippen molar-refractivity contribution in [2.45, 2.75) is 34.6 Å². The molecule has 11 heteroatoms. The maximum atomic E-state index is 8.89. The van der Waals surface area contributed by atoms with E-state index in [9.17, 15) is 0 Å². The van der Waals surface area contributed by atoms with Crippen LogP contribution >= 0.6 is 0 Å². The van der Waals surface area contributed by atoms with E-state index < -0.39 is 23.9 Å². The first-order valence-corrected chi connectivity index (χ1v) is 5.05. The van der Waals surface area contributed by atoms with Crippen molar-refractivity contribution in [3.05, 3.63) is 0 Å². The molecule has 0 saturated carbocycles. The van der Waals surface area contributed by atoms with Crippen LogP contribution in [0.25, 0.3) is 0 Å². The summed E-state index contributed by atoms with van der Waals surface area (Å²) in [5.41, 5.74) is 0. The van der Waals surface area contributed by atoms with Gasteiger partial charge in [-0.15, -0.1) is 0 Å². The Morgan fingerprint density at radius 1 is 0.667 bits per heavy atom. The van der Waals surface area contributed by atoms with E-state index in [1.165, 1.54) is 0 Å². The summed E-state index contributed by atoms with van der Waals surface area (Å²) in [4.78, 5) is 37.3. The second kappa shape index (κ2) is 42.7. The van der Waals surface area contributed by atoms with Gasteiger partial charge in [-0.05, 0) is 27.7 Å². The Morgan fingerprint density at radius 2 is 0.667 bits per heavy atom. The van der Waals surface area contributed by atoms with Crippen LogP contribution in [-0.4, -0.2) is 28.8 Å². The average Bonchev–Trinajstić information content (AvgIpc) is 1.97. The van der Waals surface area contributed by atoms with Crippen LogP contribution in [0.2, 0.25) is 0 Å². The summed E-state index contributed by atoms with van der Waals surface area (Å²) in [6, 6.07) is 0. The average molecular weight is 432 g/mol. The van der Waals surface area contributed by atoms with Crippen molar-refractivity contribution in [3.8, 4) is 0 Å². The molecule has 0 spiro atoms. The van der Waals surface area contributed by atoms with Crippen molar-refractivity contribution >= 4 is 28.8 Å². The first-order valence-electron chi connectivity index (χ1n) is 4.41. The van der Waals surface area contributed by atoms with E-state index >= 15 is 0 Å². The third-order valence-electron chi connectivity index (χ3n) is 0. The van der Waals surface area contributed by atoms with Crippen LogP contribution in [0.3, 0.4) is 0 Å². The molecule has 0 fully saturated rings. The Labute approximate surface area is 152 Å². The van der Waals surface area contributed by atoms with Gasteiger partial charge in [-0.1, -0.05) is 0 Å². The Hall–Kier alpha value is -0.692. The van der Waals surface area contributed by atoms with Gasteiger partial charge in [0, 0.05) is 23.9 Å². The second-order valence-corrected chi connectivity index (χ2v) is 2.81. The molecule has 0 aromatic carbocycles. The smallest absolute Gasteiger partial charge is 2.00 e. The second-order valence-electron chi connectivity index (χ2n) is 2.17. The Morgan fingerprint density at radius 3 is 0.667 bits per heavy atom. The number of hydrogen-bond donors (Lipinski definition) is 0. The normalized spacial score (nSPS) is 5.43. The largest absolute Gasteiger partial charge is 2.00 e. The molecule has 0 atom stereocenters. The zero-order chi connectivity index (χ0) is 17.0. The molecule has 0 N–H and O–H groups in total. The quantitative estimate of drug-likeness (QED) is 0.346. The molecule has 0 aromatic heterocycles. The van der Waals surface area contributed by atoms with Crippen LogP contribution < -0.4 is 20.4 Å². The zero-order valence-corrected chi connectivity index (χ0v) is 15.2. The van der Waals surface area contributed by atoms with E-state index in [1.807, 2.05) is 6.92 Å². The molecule has 0 bridgehead atoms. The molecule has 0 aromatic rings. The summed E-state index contributed by atoms with van der Waals surface area (Å²) in [7, 11) is 0. The molecule has 0 saturated heterocycles. The summed E-state index contributed by atoms with van der Waals surface area (Å²) in [6.45, 7) is 5.78. The minimum atomic E-state index is -1.08. The van der Waals surface area contributed by atoms with E-state index in [0.717, 1.165) is 27.7 Å². The van der Waals surface area contributed by atoms with Gasteiger partial charge in [0.15, 0.2) is 0 Å². The van der Waals surface area contributed by atoms with Gasteiger partial charge in [0.1, 0.15) is 0 Å². The fraction of sp³-hybridized carbons (Fsp3) is 0.500. The first kappa shape index (κ1) is 42.7. The van der Waals surface area contributed by atoms with Crippen LogP contribution in [0.5, 0.6) is 0 Å². The van der Waals surface area contributed by atoms with Gasteiger partial charge in [0.05, 0.1) is 0 Å². The van der Waals surface area contributed by atoms with Gasteiger partial charge >= 0.3 is 61.6 Å². The number of aliphatic carboxylic acids is 4. The molecule has 0 aliphatic carbocycles. The molecule has 0 amide bonds. The fourth-order valence-electron chi connectivity index (χ4n) is 0. The van der Waals surface area contributed by atoms with Crippen LogP contribution in [0.15, 0.2) is 0 Å². The van der Waals surface area contributed by atoms with Gasteiger partial charge in [-0.2, -0.15) is 0 Å². The van der Waals surface area contributed by atoms with E-state index in [2.05, 4.69) is 15.6 Å². The van der Waals surface area contributed by atoms with E-state index in [0.29, 0.717) is 0 Å². The van der Waals surface area contributed by atoms with Crippen molar-refractivity contribution in [1.82, 2.24) is 0 Å². The van der Waals surface area contributed by atoms with Gasteiger partial charge in [-0.3, -0.25) is 0 Å².